The minimum Gasteiger partial charge on any atom is -0.397 e. The van der Waals surface area contributed by atoms with Gasteiger partial charge in [0.1, 0.15) is 5.82 Å². The second-order valence-electron chi connectivity index (χ2n) is 3.65. The Bertz CT molecular complexity index is 336. The van der Waals surface area contributed by atoms with Gasteiger partial charge < -0.3 is 15.9 Å². The number of anilines is 2. The summed E-state index contributed by atoms with van der Waals surface area (Å²) in [6.07, 6.45) is 1.66. The first kappa shape index (κ1) is 10.2. The molecule has 0 aromatic carbocycles. The van der Waals surface area contributed by atoms with E-state index < -0.39 is 0 Å². The van der Waals surface area contributed by atoms with Crippen LogP contribution in [0.1, 0.15) is 5.56 Å². The lowest BCUT2D eigenvalue weighted by Gasteiger charge is -2.28. The smallest absolute Gasteiger partial charge is 0.143 e. The maximum Gasteiger partial charge on any atom is 0.143 e. The Morgan fingerprint density at radius 1 is 1.47 bits per heavy atom. The van der Waals surface area contributed by atoms with E-state index in [1.807, 2.05) is 13.0 Å². The van der Waals surface area contributed by atoms with Crippen molar-refractivity contribution in [2.75, 3.05) is 37.5 Å². The molecule has 0 unspecified atom stereocenters. The first-order valence-electron chi connectivity index (χ1n) is 5.07. The van der Waals surface area contributed by atoms with Gasteiger partial charge in [0.15, 0.2) is 0 Å². The highest BCUT2D eigenvalue weighted by molar-refractivity contribution is 5.50. The Morgan fingerprint density at radius 3 is 2.87 bits per heavy atom. The molecule has 82 valence electrons. The van der Waals surface area contributed by atoms with Crippen molar-refractivity contribution in [3.8, 4) is 0 Å². The minimum atomic E-state index is 0.694. The minimum absolute atomic E-state index is 0.694. The van der Waals surface area contributed by atoms with E-state index in [0.717, 1.165) is 37.7 Å². The number of pyridine rings is 1. The fraction of sp³-hybridized carbons (Fsp3) is 0.500. The number of nitrogens with zero attached hydrogens (tertiary/aromatic N) is 2. The number of nitrogens with one attached hydrogen (secondary N) is 1. The van der Waals surface area contributed by atoms with E-state index in [1.165, 1.54) is 0 Å². The summed E-state index contributed by atoms with van der Waals surface area (Å²) in [5, 5.41) is 2.11. The van der Waals surface area contributed by atoms with Gasteiger partial charge in [0.25, 0.3) is 0 Å². The van der Waals surface area contributed by atoms with Crippen LogP contribution in [0, 0.1) is 6.92 Å². The molecule has 1 aliphatic heterocycles. The zero-order valence-corrected chi connectivity index (χ0v) is 8.86. The number of morpholine rings is 1. The maximum atomic E-state index is 5.64. The Labute approximate surface area is 89.2 Å². The van der Waals surface area contributed by atoms with Crippen LogP contribution in [0.25, 0.3) is 0 Å². The van der Waals surface area contributed by atoms with Gasteiger partial charge in [0, 0.05) is 13.1 Å². The van der Waals surface area contributed by atoms with Crippen molar-refractivity contribution in [1.29, 1.82) is 0 Å². The van der Waals surface area contributed by atoms with Gasteiger partial charge in [-0.1, -0.05) is 0 Å². The molecule has 1 saturated heterocycles. The SMILES string of the molecule is Cc1cc(N)cnc1NN1CCOCC1. The van der Waals surface area contributed by atoms with Gasteiger partial charge in [-0.15, -0.1) is 0 Å². The van der Waals surface area contributed by atoms with E-state index in [1.54, 1.807) is 6.20 Å². The summed E-state index contributed by atoms with van der Waals surface area (Å²) in [5.74, 6) is 0.867. The molecule has 1 aromatic heterocycles. The molecule has 15 heavy (non-hydrogen) atoms. The topological polar surface area (TPSA) is 63.4 Å². The zero-order chi connectivity index (χ0) is 10.7. The fourth-order valence-corrected chi connectivity index (χ4v) is 1.54. The third kappa shape index (κ3) is 2.57. The summed E-state index contributed by atoms with van der Waals surface area (Å²) in [7, 11) is 0. The van der Waals surface area contributed by atoms with E-state index in [2.05, 4.69) is 15.4 Å². The molecule has 3 N–H and O–H groups in total. The molecule has 0 atom stereocenters. The Morgan fingerprint density at radius 2 is 2.20 bits per heavy atom. The third-order valence-corrected chi connectivity index (χ3v) is 2.37. The van der Waals surface area contributed by atoms with Crippen molar-refractivity contribution < 1.29 is 4.74 Å². The largest absolute Gasteiger partial charge is 0.397 e. The molecule has 0 aliphatic carbocycles. The molecule has 0 spiro atoms. The number of aromatic nitrogens is 1. The summed E-state index contributed by atoms with van der Waals surface area (Å²) >= 11 is 0. The van der Waals surface area contributed by atoms with Crippen LogP contribution in [0.2, 0.25) is 0 Å². The predicted octanol–water partition coefficient (Wildman–Crippen LogP) is 0.631. The number of aryl methyl sites for hydroxylation is 1. The second kappa shape index (κ2) is 4.46. The molecule has 1 fully saturated rings. The summed E-state index contributed by atoms with van der Waals surface area (Å²) in [5.41, 5.74) is 10.7. The average molecular weight is 208 g/mol. The molecule has 1 aliphatic rings. The number of ether oxygens (including phenoxy) is 1. The van der Waals surface area contributed by atoms with Crippen LogP contribution in [0.3, 0.4) is 0 Å². The highest BCUT2D eigenvalue weighted by Gasteiger charge is 2.11. The Kier molecular flexibility index (Phi) is 3.03. The summed E-state index contributed by atoms with van der Waals surface area (Å²) in [4.78, 5) is 4.25. The molecule has 2 rings (SSSR count). The lowest BCUT2D eigenvalue weighted by atomic mass is 10.3. The van der Waals surface area contributed by atoms with Gasteiger partial charge in [-0.05, 0) is 18.6 Å². The number of hydrogen-bond acceptors (Lipinski definition) is 5. The molecule has 2 heterocycles. The highest BCUT2D eigenvalue weighted by atomic mass is 16.5. The quantitative estimate of drug-likeness (QED) is 0.746. The zero-order valence-electron chi connectivity index (χ0n) is 8.86. The molecule has 0 amide bonds. The van der Waals surface area contributed by atoms with Crippen molar-refractivity contribution in [2.24, 2.45) is 0 Å². The van der Waals surface area contributed by atoms with Crippen LogP contribution in [-0.4, -0.2) is 36.3 Å². The molecule has 1 aromatic rings. The standard InChI is InChI=1S/C10H16N4O/c1-8-6-9(11)7-12-10(8)13-14-2-4-15-5-3-14/h6-7H,2-5,11H2,1H3,(H,12,13). The average Bonchev–Trinajstić information content (AvgIpc) is 2.24. The molecule has 5 heteroatoms. The number of hydrazine groups is 1. The van der Waals surface area contributed by atoms with E-state index in [4.69, 9.17) is 10.5 Å². The van der Waals surface area contributed by atoms with Gasteiger partial charge in [-0.25, -0.2) is 9.99 Å². The lowest BCUT2D eigenvalue weighted by molar-refractivity contribution is 0.0494. The van der Waals surface area contributed by atoms with E-state index in [9.17, 15) is 0 Å². The van der Waals surface area contributed by atoms with Gasteiger partial charge >= 0.3 is 0 Å². The van der Waals surface area contributed by atoms with Crippen LogP contribution in [0.5, 0.6) is 0 Å². The van der Waals surface area contributed by atoms with Crippen LogP contribution >= 0.6 is 0 Å². The second-order valence-corrected chi connectivity index (χ2v) is 3.65. The van der Waals surface area contributed by atoms with Gasteiger partial charge in [-0.3, -0.25) is 0 Å². The van der Waals surface area contributed by atoms with E-state index in [-0.39, 0.29) is 0 Å². The number of nitrogen functional groups attached to an aromatic ring is 1. The lowest BCUT2D eigenvalue weighted by Crippen LogP contribution is -2.40. The number of nitrogens with two attached hydrogens (primary N) is 1. The van der Waals surface area contributed by atoms with Crippen molar-refractivity contribution in [3.05, 3.63) is 17.8 Å². The number of hydrogen-bond donors (Lipinski definition) is 2. The van der Waals surface area contributed by atoms with Crippen molar-refractivity contribution in [2.45, 2.75) is 6.92 Å². The molecule has 0 saturated carbocycles. The summed E-state index contributed by atoms with van der Waals surface area (Å²) in [6.45, 7) is 5.28. The molecular formula is C10H16N4O. The Hall–Kier alpha value is -1.33. The maximum absolute atomic E-state index is 5.64. The Balaban J connectivity index is 2.03. The third-order valence-electron chi connectivity index (χ3n) is 2.37. The first-order chi connectivity index (χ1) is 7.25. The normalized spacial score (nSPS) is 17.7. The van der Waals surface area contributed by atoms with Gasteiger partial charge in [-0.2, -0.15) is 0 Å². The summed E-state index contributed by atoms with van der Waals surface area (Å²) in [6, 6.07) is 1.91. The van der Waals surface area contributed by atoms with Crippen LogP contribution in [0.4, 0.5) is 11.5 Å². The first-order valence-corrected chi connectivity index (χ1v) is 5.07. The van der Waals surface area contributed by atoms with Crippen molar-refractivity contribution in [3.63, 3.8) is 0 Å². The van der Waals surface area contributed by atoms with Crippen LogP contribution in [0.15, 0.2) is 12.3 Å². The monoisotopic (exact) mass is 208 g/mol. The van der Waals surface area contributed by atoms with Gasteiger partial charge in [0.2, 0.25) is 0 Å². The van der Waals surface area contributed by atoms with Crippen molar-refractivity contribution in [1.82, 2.24) is 9.99 Å². The summed E-state index contributed by atoms with van der Waals surface area (Å²) < 4.78 is 5.26. The van der Waals surface area contributed by atoms with Crippen molar-refractivity contribution >= 4 is 11.5 Å². The van der Waals surface area contributed by atoms with Crippen LogP contribution in [-0.2, 0) is 4.74 Å². The van der Waals surface area contributed by atoms with E-state index >= 15 is 0 Å². The molecule has 0 radical (unpaired) electrons. The molecule has 0 bridgehead atoms. The highest BCUT2D eigenvalue weighted by Crippen LogP contribution is 2.14. The van der Waals surface area contributed by atoms with Gasteiger partial charge in [0.05, 0.1) is 25.1 Å². The van der Waals surface area contributed by atoms with E-state index in [0.29, 0.717) is 5.69 Å². The molecular weight excluding hydrogens is 192 g/mol. The molecule has 5 nitrogen and oxygen atoms in total. The number of rotatable bonds is 2. The fourth-order valence-electron chi connectivity index (χ4n) is 1.54. The predicted molar refractivity (Wildman–Crippen MR) is 59.4 cm³/mol. The van der Waals surface area contributed by atoms with Crippen LogP contribution < -0.4 is 11.2 Å².